The van der Waals surface area contributed by atoms with Gasteiger partial charge in [0.05, 0.1) is 15.0 Å². The number of piperidine rings is 1. The molecule has 26 heavy (non-hydrogen) atoms. The van der Waals surface area contributed by atoms with Crippen molar-refractivity contribution in [2.24, 2.45) is 11.8 Å². The van der Waals surface area contributed by atoms with Crippen LogP contribution in [0.1, 0.15) is 25.9 Å². The first-order valence-electron chi connectivity index (χ1n) is 7.79. The van der Waals surface area contributed by atoms with Gasteiger partial charge >= 0.3 is 24.8 Å². The summed E-state index contributed by atoms with van der Waals surface area (Å²) in [5, 5.41) is 13.6. The van der Waals surface area contributed by atoms with Crippen LogP contribution in [0.25, 0.3) is 0 Å². The van der Waals surface area contributed by atoms with E-state index in [9.17, 15) is 9.59 Å². The Kier molecular flexibility index (Phi) is 5.40. The third-order valence-corrected chi connectivity index (χ3v) is 6.97. The van der Waals surface area contributed by atoms with Crippen LogP contribution < -0.4 is 10.2 Å². The average molecular weight is 408 g/mol. The predicted molar refractivity (Wildman–Crippen MR) is 104 cm³/mol. The van der Waals surface area contributed by atoms with Crippen LogP contribution in [0.15, 0.2) is 12.1 Å². The second-order valence-electron chi connectivity index (χ2n) is 6.43. The number of aryl methyl sites for hydroxylation is 1. The maximum atomic E-state index is 12.4. The number of carbonyl (C=O) groups excluding carboxylic acids is 1. The number of halogens is 2. The van der Waals surface area contributed by atoms with Crippen LogP contribution in [0.5, 0.6) is 0 Å². The fraction of sp³-hybridized carbons (Fsp3) is 0.375. The summed E-state index contributed by atoms with van der Waals surface area (Å²) >= 11 is 13.4. The fourth-order valence-corrected chi connectivity index (χ4v) is 4.76. The van der Waals surface area contributed by atoms with Gasteiger partial charge in [-0.3, -0.25) is 4.79 Å². The quantitative estimate of drug-likeness (QED) is 0.680. The average Bonchev–Trinajstić information content (AvgIpc) is 3.02. The van der Waals surface area contributed by atoms with Gasteiger partial charge in [0, 0.05) is 36.7 Å². The normalized spacial score (nSPS) is 23.3. The summed E-state index contributed by atoms with van der Waals surface area (Å²) in [6.45, 7) is 3.39. The van der Waals surface area contributed by atoms with Gasteiger partial charge in [0.2, 0.25) is 0 Å². The molecular weight excluding hydrogens is 392 g/mol. The number of carbonyl (C=O) groups is 2. The zero-order valence-electron chi connectivity index (χ0n) is 13.2. The molecular formula is C16H16Cl2LiN3O3S. The number of hydrogen-bond acceptors (Lipinski definition) is 4. The molecule has 1 amide bonds. The number of nitrogens with zero attached hydrogens (tertiary/aromatic N) is 1. The molecule has 10 heteroatoms. The van der Waals surface area contributed by atoms with E-state index in [-0.39, 0.29) is 35.8 Å². The Hall–Kier alpha value is -1.10. The van der Waals surface area contributed by atoms with Gasteiger partial charge in [-0.1, -0.05) is 23.2 Å². The molecule has 0 radical (unpaired) electrons. The molecule has 1 aliphatic carbocycles. The summed E-state index contributed by atoms with van der Waals surface area (Å²) in [5.74, 6) is -0.382. The minimum absolute atomic E-state index is 0. The third-order valence-electron chi connectivity index (χ3n) is 4.89. The van der Waals surface area contributed by atoms with Crippen LogP contribution in [0, 0.1) is 18.8 Å². The zero-order chi connectivity index (χ0) is 17.9. The summed E-state index contributed by atoms with van der Waals surface area (Å²) in [6.07, 6.45) is 0. The summed E-state index contributed by atoms with van der Waals surface area (Å²) in [7, 11) is 0. The maximum absolute atomic E-state index is 12.4. The number of carboxylic acid groups (broad SMARTS) is 1. The van der Waals surface area contributed by atoms with Crippen molar-refractivity contribution in [3.8, 4) is 0 Å². The molecule has 6 nitrogen and oxygen atoms in total. The van der Waals surface area contributed by atoms with Crippen molar-refractivity contribution in [1.29, 1.82) is 0 Å². The molecule has 0 aromatic carbocycles. The van der Waals surface area contributed by atoms with Gasteiger partial charge in [0.25, 0.3) is 5.91 Å². The first-order valence-corrected chi connectivity index (χ1v) is 9.36. The SMILES string of the molecule is Cc1[nH]c(C(=O)NC2[C@H]3CN(c4ccc(C(=O)O)s4)C[C@@H]23)c(Cl)c1Cl.[LiH]. The first kappa shape index (κ1) is 19.7. The standard InChI is InChI=1S/C16H15Cl2N3O3S.Li.H/c1-6-11(17)12(18)14(19-6)15(22)20-13-7-4-21(5-8(7)13)10-3-2-9(25-10)16(23)24;;/h2-3,7-8,13,19H,4-5H2,1H3,(H,20,22)(H,23,24);;/t7-,8+,13?;;. The monoisotopic (exact) mass is 407 g/mol. The Balaban J connectivity index is 0.00000196. The summed E-state index contributed by atoms with van der Waals surface area (Å²) in [5.41, 5.74) is 0.973. The topological polar surface area (TPSA) is 85.4 Å². The molecule has 0 bridgehead atoms. The second-order valence-corrected chi connectivity index (χ2v) is 8.25. The van der Waals surface area contributed by atoms with Crippen LogP contribution in [0.2, 0.25) is 10.0 Å². The Labute approximate surface area is 176 Å². The number of nitrogens with one attached hydrogen (secondary N) is 2. The van der Waals surface area contributed by atoms with Crippen LogP contribution in [0.3, 0.4) is 0 Å². The van der Waals surface area contributed by atoms with Crippen LogP contribution in [0.4, 0.5) is 5.00 Å². The molecule has 3 atom stereocenters. The molecule has 2 aliphatic rings. The number of aromatic carboxylic acids is 1. The van der Waals surface area contributed by atoms with Gasteiger partial charge in [-0.2, -0.15) is 0 Å². The van der Waals surface area contributed by atoms with Crippen molar-refractivity contribution in [3.05, 3.63) is 38.4 Å². The van der Waals surface area contributed by atoms with E-state index in [1.54, 1.807) is 13.0 Å². The number of anilines is 1. The number of amides is 1. The molecule has 2 aromatic rings. The number of fused-ring (bicyclic) bond motifs is 1. The minimum atomic E-state index is -0.900. The summed E-state index contributed by atoms with van der Waals surface area (Å²) in [6, 6.07) is 3.60. The first-order chi connectivity index (χ1) is 11.9. The van der Waals surface area contributed by atoms with Gasteiger partial charge in [-0.15, -0.1) is 11.3 Å². The van der Waals surface area contributed by atoms with Gasteiger partial charge < -0.3 is 20.3 Å². The van der Waals surface area contributed by atoms with Crippen molar-refractivity contribution < 1.29 is 14.7 Å². The van der Waals surface area contributed by atoms with E-state index >= 15 is 0 Å². The Morgan fingerprint density at radius 2 is 1.92 bits per heavy atom. The Bertz CT molecular complexity index is 872. The van der Waals surface area contributed by atoms with E-state index in [1.807, 2.05) is 6.07 Å². The molecule has 3 heterocycles. The molecule has 0 spiro atoms. The number of thiophene rings is 1. The number of H-pyrrole nitrogens is 1. The molecule has 4 rings (SSSR count). The van der Waals surface area contributed by atoms with Crippen LogP contribution in [-0.2, 0) is 0 Å². The van der Waals surface area contributed by atoms with Gasteiger partial charge in [0.1, 0.15) is 10.6 Å². The molecule has 3 N–H and O–H groups in total. The van der Waals surface area contributed by atoms with Crippen molar-refractivity contribution in [2.75, 3.05) is 18.0 Å². The number of aromatic nitrogens is 1. The van der Waals surface area contributed by atoms with Crippen LogP contribution >= 0.6 is 34.5 Å². The van der Waals surface area contributed by atoms with Gasteiger partial charge in [-0.25, -0.2) is 4.79 Å². The van der Waals surface area contributed by atoms with E-state index in [0.717, 1.165) is 18.1 Å². The van der Waals surface area contributed by atoms with Crippen molar-refractivity contribution in [3.63, 3.8) is 0 Å². The van der Waals surface area contributed by atoms with Crippen molar-refractivity contribution in [2.45, 2.75) is 13.0 Å². The van der Waals surface area contributed by atoms with E-state index < -0.39 is 5.97 Å². The van der Waals surface area contributed by atoms with Gasteiger partial charge in [0.15, 0.2) is 0 Å². The molecule has 2 fully saturated rings. The molecule has 1 aliphatic heterocycles. The molecule has 1 unspecified atom stereocenters. The number of carboxylic acids is 1. The number of aromatic amines is 1. The third kappa shape index (κ3) is 3.28. The van der Waals surface area contributed by atoms with E-state index in [1.165, 1.54) is 11.3 Å². The van der Waals surface area contributed by atoms with E-state index in [4.69, 9.17) is 28.3 Å². The van der Waals surface area contributed by atoms with Crippen LogP contribution in [-0.4, -0.2) is 60.0 Å². The molecule has 134 valence electrons. The second kappa shape index (κ2) is 7.14. The van der Waals surface area contributed by atoms with Crippen molar-refractivity contribution >= 4 is 70.3 Å². The fourth-order valence-electron chi connectivity index (χ4n) is 3.48. The van der Waals surface area contributed by atoms with Gasteiger partial charge in [-0.05, 0) is 19.1 Å². The number of hydrogen-bond donors (Lipinski definition) is 3. The zero-order valence-corrected chi connectivity index (χ0v) is 15.5. The van der Waals surface area contributed by atoms with E-state index in [2.05, 4.69) is 15.2 Å². The predicted octanol–water partition coefficient (Wildman–Crippen LogP) is 2.61. The summed E-state index contributed by atoms with van der Waals surface area (Å²) in [4.78, 5) is 28.8. The molecule has 1 saturated carbocycles. The van der Waals surface area contributed by atoms with E-state index in [0.29, 0.717) is 33.1 Å². The molecule has 2 aromatic heterocycles. The Morgan fingerprint density at radius 1 is 1.27 bits per heavy atom. The van der Waals surface area contributed by atoms with Crippen molar-refractivity contribution in [1.82, 2.24) is 10.3 Å². The number of rotatable bonds is 4. The molecule has 1 saturated heterocycles. The summed E-state index contributed by atoms with van der Waals surface area (Å²) < 4.78 is 0. The Morgan fingerprint density at radius 3 is 2.42 bits per heavy atom.